The first kappa shape index (κ1) is 48.9. The van der Waals surface area contributed by atoms with E-state index in [1.54, 1.807) is 0 Å². The first-order valence-electron chi connectivity index (χ1n) is 17.9. The summed E-state index contributed by atoms with van der Waals surface area (Å²) in [6, 6.07) is 16.7. The predicted octanol–water partition coefficient (Wildman–Crippen LogP) is 9.65. The summed E-state index contributed by atoms with van der Waals surface area (Å²) >= 11 is 0. The maximum atomic E-state index is 13.9. The first-order valence-corrected chi connectivity index (χ1v) is 17.9. The zero-order valence-corrected chi connectivity index (χ0v) is 33.0. The fourth-order valence-corrected chi connectivity index (χ4v) is 6.08. The van der Waals surface area contributed by atoms with E-state index in [0.29, 0.717) is 20.6 Å². The molecular formula is C37H23F17N12O. The van der Waals surface area contributed by atoms with Crippen LogP contribution in [0.2, 0.25) is 0 Å². The van der Waals surface area contributed by atoms with Crippen LogP contribution in [0.4, 0.5) is 86.0 Å². The van der Waals surface area contributed by atoms with Crippen LogP contribution in [0.25, 0.3) is 34.2 Å². The van der Waals surface area contributed by atoms with Gasteiger partial charge in [-0.25, -0.2) is 23.1 Å². The third kappa shape index (κ3) is 9.57. The molecule has 0 unspecified atom stereocenters. The second-order valence-electron chi connectivity index (χ2n) is 13.7. The number of nitrogen functional groups attached to an aromatic ring is 1. The Morgan fingerprint density at radius 2 is 1.01 bits per heavy atom. The monoisotopic (exact) mass is 974 g/mol. The number of aromatic nitrogens is 10. The van der Waals surface area contributed by atoms with E-state index >= 15 is 0 Å². The Kier molecular flexibility index (Phi) is 12.4. The number of aryl methyl sites for hydroxylation is 2. The van der Waals surface area contributed by atoms with Gasteiger partial charge in [-0.15, -0.1) is 10.2 Å². The summed E-state index contributed by atoms with van der Waals surface area (Å²) in [7, 11) is 1.52. The molecule has 4 aromatic heterocycles. The summed E-state index contributed by atoms with van der Waals surface area (Å²) in [5, 5.41) is 22.2. The summed E-state index contributed by atoms with van der Waals surface area (Å²) in [4.78, 5) is 12.4. The Morgan fingerprint density at radius 3 is 1.43 bits per heavy atom. The van der Waals surface area contributed by atoms with Gasteiger partial charge in [0.15, 0.2) is 23.0 Å². The number of nitrogens with one attached hydrogen (secondary N) is 1. The van der Waals surface area contributed by atoms with Gasteiger partial charge in [0.2, 0.25) is 0 Å². The van der Waals surface area contributed by atoms with Crippen molar-refractivity contribution < 1.29 is 79.4 Å². The normalized spacial score (nSPS) is 12.8. The van der Waals surface area contributed by atoms with Crippen molar-refractivity contribution >= 4 is 17.3 Å². The molecule has 7 aromatic rings. The third-order valence-electron chi connectivity index (χ3n) is 9.05. The van der Waals surface area contributed by atoms with Crippen LogP contribution in [0.1, 0.15) is 32.9 Å². The number of rotatable bonds is 8. The van der Waals surface area contributed by atoms with Gasteiger partial charge in [0.05, 0.1) is 18.0 Å². The lowest BCUT2D eigenvalue weighted by Crippen LogP contribution is -2.36. The number of nitrogens with zero attached hydrogens (tertiary/aromatic N) is 10. The standard InChI is InChI=1S/C22H13F9N6O.C15H10F8N6/c1-36-19(16(21(26,27)28)17(34-36)20(24,25)22(29,30)31)37-10-15(33-35-37)11-5-4-6-12(9-11)32-18(38)13-7-2-3-8-14(13)23;1-28-12(29-6-9(25-27-29)7-3-2-4-8(24)5-7)10(14(18,19)20)11(26-28)13(16,17)15(21,22)23/h2-10H,1H3,(H,32,38);2-6H,24H2,1H3. The van der Waals surface area contributed by atoms with Gasteiger partial charge in [0.1, 0.15) is 28.3 Å². The second-order valence-corrected chi connectivity index (χ2v) is 13.7. The maximum Gasteiger partial charge on any atom is 0.459 e. The molecule has 0 atom stereocenters. The van der Waals surface area contributed by atoms with Crippen molar-refractivity contribution in [3.05, 3.63) is 119 Å². The molecule has 356 valence electrons. The van der Waals surface area contributed by atoms with Crippen LogP contribution in [-0.2, 0) is 38.3 Å². The van der Waals surface area contributed by atoms with Gasteiger partial charge in [0.25, 0.3) is 5.91 Å². The van der Waals surface area contributed by atoms with E-state index < -0.39 is 82.4 Å². The molecule has 7 rings (SSSR count). The number of nitrogens with two attached hydrogens (primary N) is 1. The fourth-order valence-electron chi connectivity index (χ4n) is 6.08. The second kappa shape index (κ2) is 17.0. The lowest BCUT2D eigenvalue weighted by molar-refractivity contribution is -0.292. The maximum absolute atomic E-state index is 13.9. The van der Waals surface area contributed by atoms with E-state index in [9.17, 15) is 79.4 Å². The summed E-state index contributed by atoms with van der Waals surface area (Å²) < 4.78 is 229. The Hall–Kier alpha value is -7.56. The summed E-state index contributed by atoms with van der Waals surface area (Å²) in [6.45, 7) is 0. The van der Waals surface area contributed by atoms with Crippen LogP contribution in [0.15, 0.2) is 85.2 Å². The molecule has 13 nitrogen and oxygen atoms in total. The van der Waals surface area contributed by atoms with Crippen molar-refractivity contribution in [2.75, 3.05) is 11.1 Å². The summed E-state index contributed by atoms with van der Waals surface area (Å²) in [6.07, 6.45) is -22.1. The molecule has 3 N–H and O–H groups in total. The van der Waals surface area contributed by atoms with Gasteiger partial charge < -0.3 is 11.1 Å². The molecule has 0 radical (unpaired) electrons. The van der Waals surface area contributed by atoms with E-state index in [4.69, 9.17) is 5.73 Å². The van der Waals surface area contributed by atoms with E-state index in [-0.39, 0.29) is 37.6 Å². The number of carbonyl (C=O) groups excluding carboxylic acids is 1. The Morgan fingerprint density at radius 1 is 0.582 bits per heavy atom. The summed E-state index contributed by atoms with van der Waals surface area (Å²) in [5.41, 5.74) is -3.46. The number of anilines is 2. The lowest BCUT2D eigenvalue weighted by atomic mass is 10.1. The van der Waals surface area contributed by atoms with Crippen molar-refractivity contribution in [3.63, 3.8) is 0 Å². The molecule has 30 heteroatoms. The molecule has 1 amide bonds. The SMILES string of the molecule is Cn1nc(C(F)(F)C(F)(F)F)c(C(F)(F)F)c1-n1cc(-c2cccc(N)c2)nn1.Cn1nc(C(F)(F)C(F)(F)F)c(C(F)(F)F)c1-n1cc(-c2cccc(NC(=O)c3ccccc3F)c2)nn1. The van der Waals surface area contributed by atoms with Crippen LogP contribution in [0.3, 0.4) is 0 Å². The van der Waals surface area contributed by atoms with Gasteiger partial charge in [-0.05, 0) is 36.4 Å². The van der Waals surface area contributed by atoms with Gasteiger partial charge in [-0.1, -0.05) is 46.8 Å². The van der Waals surface area contributed by atoms with E-state index in [0.717, 1.165) is 32.6 Å². The first-order chi connectivity index (χ1) is 30.8. The number of carbonyl (C=O) groups is 1. The molecule has 4 heterocycles. The Bertz CT molecular complexity index is 2940. The van der Waals surface area contributed by atoms with Crippen LogP contribution in [-0.4, -0.2) is 67.8 Å². The topological polar surface area (TPSA) is 152 Å². The van der Waals surface area contributed by atoms with Gasteiger partial charge in [-0.2, -0.15) is 80.4 Å². The average Bonchev–Trinajstić information content (AvgIpc) is 4.02. The van der Waals surface area contributed by atoms with E-state index in [2.05, 4.69) is 36.1 Å². The zero-order chi connectivity index (χ0) is 49.8. The molecule has 0 saturated carbocycles. The van der Waals surface area contributed by atoms with Crippen molar-refractivity contribution in [2.24, 2.45) is 14.1 Å². The fraction of sp³-hybridized carbons (Fsp3) is 0.216. The zero-order valence-electron chi connectivity index (χ0n) is 33.0. The average molecular weight is 975 g/mol. The van der Waals surface area contributed by atoms with Crippen molar-refractivity contribution in [3.8, 4) is 34.2 Å². The van der Waals surface area contributed by atoms with Crippen LogP contribution >= 0.6 is 0 Å². The summed E-state index contributed by atoms with van der Waals surface area (Å²) in [5.74, 6) is -15.7. The molecule has 0 spiro atoms. The van der Waals surface area contributed by atoms with E-state index in [1.165, 1.54) is 66.7 Å². The highest BCUT2D eigenvalue weighted by molar-refractivity contribution is 6.04. The van der Waals surface area contributed by atoms with Crippen molar-refractivity contribution in [2.45, 2.75) is 36.6 Å². The highest BCUT2D eigenvalue weighted by Gasteiger charge is 2.65. The van der Waals surface area contributed by atoms with Crippen molar-refractivity contribution in [1.82, 2.24) is 49.5 Å². The molecule has 0 saturated heterocycles. The predicted molar refractivity (Wildman–Crippen MR) is 196 cm³/mol. The van der Waals surface area contributed by atoms with Gasteiger partial charge >= 0.3 is 36.6 Å². The molecule has 0 fully saturated rings. The minimum atomic E-state index is -6.35. The van der Waals surface area contributed by atoms with E-state index in [1.807, 2.05) is 0 Å². The number of amides is 1. The number of hydrogen-bond acceptors (Lipinski definition) is 8. The van der Waals surface area contributed by atoms with Crippen LogP contribution < -0.4 is 11.1 Å². The Labute approximate surface area is 361 Å². The minimum Gasteiger partial charge on any atom is -0.399 e. The Balaban J connectivity index is 0.000000229. The molecule has 0 aliphatic heterocycles. The number of halogens is 17. The molecule has 0 bridgehead atoms. The molecule has 3 aromatic carbocycles. The van der Waals surface area contributed by atoms with Crippen molar-refractivity contribution in [1.29, 1.82) is 0 Å². The molecular weight excluding hydrogens is 951 g/mol. The van der Waals surface area contributed by atoms with Crippen LogP contribution in [0, 0.1) is 5.82 Å². The quantitative estimate of drug-likeness (QED) is 0.113. The lowest BCUT2D eigenvalue weighted by Gasteiger charge is -2.19. The highest BCUT2D eigenvalue weighted by atomic mass is 19.4. The van der Waals surface area contributed by atoms with Gasteiger partial charge in [0, 0.05) is 36.6 Å². The molecule has 0 aliphatic rings. The third-order valence-corrected chi connectivity index (χ3v) is 9.05. The van der Waals surface area contributed by atoms with Gasteiger partial charge in [-0.3, -0.25) is 4.79 Å². The highest BCUT2D eigenvalue weighted by Crippen LogP contribution is 2.50. The smallest absolute Gasteiger partial charge is 0.399 e. The van der Waals surface area contributed by atoms with Crippen LogP contribution in [0.5, 0.6) is 0 Å². The number of benzene rings is 3. The molecule has 0 aliphatic carbocycles. The molecule has 67 heavy (non-hydrogen) atoms. The largest absolute Gasteiger partial charge is 0.459 e. The number of alkyl halides is 16. The minimum absolute atomic E-state index is 0.00996. The number of hydrogen-bond donors (Lipinski definition) is 2.